The Hall–Kier alpha value is -3.59. The third-order valence-corrected chi connectivity index (χ3v) is 5.55. The highest BCUT2D eigenvalue weighted by molar-refractivity contribution is 6.08. The number of imidazole rings is 1. The second-order valence-corrected chi connectivity index (χ2v) is 7.36. The molecule has 2 heterocycles. The van der Waals surface area contributed by atoms with Crippen molar-refractivity contribution in [3.8, 4) is 11.5 Å². The summed E-state index contributed by atoms with van der Waals surface area (Å²) < 4.78 is 17.5. The molecule has 0 radical (unpaired) electrons. The summed E-state index contributed by atoms with van der Waals surface area (Å²) in [6.45, 7) is 2.34. The van der Waals surface area contributed by atoms with Gasteiger partial charge in [0.2, 0.25) is 11.9 Å². The molecule has 1 aliphatic rings. The van der Waals surface area contributed by atoms with E-state index in [2.05, 4.69) is 4.98 Å². The molecule has 0 fully saturated rings. The number of nitrogens with zero attached hydrogens (tertiary/aromatic N) is 3. The van der Waals surface area contributed by atoms with Gasteiger partial charge in [-0.1, -0.05) is 18.2 Å². The number of amides is 1. The van der Waals surface area contributed by atoms with E-state index in [1.807, 2.05) is 28.8 Å². The molecule has 9 heteroatoms. The molecule has 32 heavy (non-hydrogen) atoms. The molecule has 1 aromatic heterocycles. The number of ether oxygens (including phenoxy) is 3. The minimum atomic E-state index is -1.16. The van der Waals surface area contributed by atoms with Crippen LogP contribution in [0.3, 0.4) is 0 Å². The Morgan fingerprint density at radius 2 is 1.97 bits per heavy atom. The molecule has 168 valence electrons. The molecule has 0 saturated heterocycles. The van der Waals surface area contributed by atoms with Gasteiger partial charge in [0.1, 0.15) is 0 Å². The largest absolute Gasteiger partial charge is 0.504 e. The summed E-state index contributed by atoms with van der Waals surface area (Å²) in [4.78, 5) is 32.8. The van der Waals surface area contributed by atoms with Gasteiger partial charge in [0.25, 0.3) is 0 Å². The molecular weight excluding hydrogens is 414 g/mol. The van der Waals surface area contributed by atoms with Gasteiger partial charge in [-0.3, -0.25) is 14.5 Å². The van der Waals surface area contributed by atoms with Gasteiger partial charge < -0.3 is 23.9 Å². The molecule has 0 spiro atoms. The van der Waals surface area contributed by atoms with Crippen LogP contribution in [0.15, 0.2) is 42.5 Å². The van der Waals surface area contributed by atoms with Crippen molar-refractivity contribution in [2.45, 2.75) is 13.0 Å². The van der Waals surface area contributed by atoms with E-state index in [0.717, 1.165) is 5.52 Å². The maximum atomic E-state index is 13.6. The van der Waals surface area contributed by atoms with Crippen molar-refractivity contribution in [3.05, 3.63) is 48.0 Å². The topological polar surface area (TPSA) is 103 Å². The van der Waals surface area contributed by atoms with Crippen LogP contribution in [0.25, 0.3) is 11.0 Å². The van der Waals surface area contributed by atoms with E-state index in [0.29, 0.717) is 22.8 Å². The van der Waals surface area contributed by atoms with E-state index in [1.165, 1.54) is 18.1 Å². The molecular formula is C23H25N3O6. The Balaban J connectivity index is 1.98. The highest BCUT2D eigenvalue weighted by Crippen LogP contribution is 2.42. The van der Waals surface area contributed by atoms with Crippen LogP contribution >= 0.6 is 0 Å². The van der Waals surface area contributed by atoms with E-state index < -0.39 is 23.8 Å². The molecule has 4 rings (SSSR count). The predicted octanol–water partition coefficient (Wildman–Crippen LogP) is 2.51. The quantitative estimate of drug-likeness (QED) is 0.446. The fourth-order valence-corrected chi connectivity index (χ4v) is 4.13. The van der Waals surface area contributed by atoms with Gasteiger partial charge in [-0.25, -0.2) is 4.98 Å². The van der Waals surface area contributed by atoms with Crippen LogP contribution < -0.4 is 9.64 Å². The number of rotatable bonds is 7. The highest BCUT2D eigenvalue weighted by Gasteiger charge is 2.47. The molecule has 9 nitrogen and oxygen atoms in total. The third-order valence-electron chi connectivity index (χ3n) is 5.55. The predicted molar refractivity (Wildman–Crippen MR) is 117 cm³/mol. The minimum Gasteiger partial charge on any atom is -0.504 e. The first-order valence-electron chi connectivity index (χ1n) is 10.3. The number of para-hydroxylation sites is 2. The van der Waals surface area contributed by atoms with Crippen LogP contribution in [0.4, 0.5) is 5.95 Å². The Kier molecular flexibility index (Phi) is 6.00. The summed E-state index contributed by atoms with van der Waals surface area (Å²) in [6, 6.07) is 11.5. The van der Waals surface area contributed by atoms with E-state index in [1.54, 1.807) is 26.2 Å². The molecule has 0 saturated carbocycles. The molecule has 1 N–H and O–H groups in total. The van der Waals surface area contributed by atoms with Gasteiger partial charge in [-0.2, -0.15) is 0 Å². The van der Waals surface area contributed by atoms with E-state index >= 15 is 0 Å². The lowest BCUT2D eigenvalue weighted by Crippen LogP contribution is -2.51. The zero-order chi connectivity index (χ0) is 22.8. The smallest absolute Gasteiger partial charge is 0.321 e. The second-order valence-electron chi connectivity index (χ2n) is 7.36. The molecule has 1 amide bonds. The summed E-state index contributed by atoms with van der Waals surface area (Å²) >= 11 is 0. The van der Waals surface area contributed by atoms with Gasteiger partial charge in [-0.15, -0.1) is 0 Å². The lowest BCUT2D eigenvalue weighted by Gasteiger charge is -2.37. The molecule has 0 bridgehead atoms. The van der Waals surface area contributed by atoms with E-state index in [4.69, 9.17) is 14.2 Å². The van der Waals surface area contributed by atoms with Crippen LogP contribution in [0, 0.1) is 5.92 Å². The molecule has 2 aromatic carbocycles. The fraction of sp³-hybridized carbons (Fsp3) is 0.348. The number of hydrogen-bond donors (Lipinski definition) is 1. The zero-order valence-corrected chi connectivity index (χ0v) is 18.1. The van der Waals surface area contributed by atoms with Crippen LogP contribution in [-0.4, -0.2) is 60.5 Å². The van der Waals surface area contributed by atoms with Crippen molar-refractivity contribution in [1.29, 1.82) is 0 Å². The monoisotopic (exact) mass is 439 g/mol. The average Bonchev–Trinajstić information content (AvgIpc) is 3.17. The Labute approximate surface area is 185 Å². The lowest BCUT2D eigenvalue weighted by molar-refractivity contribution is -0.153. The highest BCUT2D eigenvalue weighted by atomic mass is 16.5. The standard InChI is InChI=1S/C23H25N3O6/c1-4-32-22(29)19-20(14-9-10-18(31-3)17(27)13-14)26-16-8-6-5-7-15(16)24-23(26)25(21(19)28)11-12-30-2/h5-10,13,19-20,27H,4,11-12H2,1-3H3/t19-,20+/m0/s1. The number of anilines is 1. The van der Waals surface area contributed by atoms with Crippen molar-refractivity contribution >= 4 is 28.9 Å². The fourth-order valence-electron chi connectivity index (χ4n) is 4.13. The SMILES string of the molecule is CCOC(=O)[C@@H]1C(=O)N(CCOC)c2nc3ccccc3n2[C@@H]1c1ccc(OC)c(O)c1. The number of phenolic OH excluding ortho intramolecular Hbond substituents is 1. The number of phenols is 1. The van der Waals surface area contributed by atoms with Crippen LogP contribution in [0.2, 0.25) is 0 Å². The van der Waals surface area contributed by atoms with E-state index in [9.17, 15) is 14.7 Å². The lowest BCUT2D eigenvalue weighted by atomic mass is 9.89. The molecule has 0 aliphatic carbocycles. The number of hydrogen-bond acceptors (Lipinski definition) is 7. The second kappa shape index (κ2) is 8.88. The summed E-state index contributed by atoms with van der Waals surface area (Å²) in [5, 5.41) is 10.4. The molecule has 2 atom stereocenters. The van der Waals surface area contributed by atoms with Crippen molar-refractivity contribution in [1.82, 2.24) is 9.55 Å². The first-order chi connectivity index (χ1) is 15.5. The van der Waals surface area contributed by atoms with Crippen molar-refractivity contribution in [2.75, 3.05) is 38.9 Å². The summed E-state index contributed by atoms with van der Waals surface area (Å²) in [7, 11) is 3.00. The number of esters is 1. The molecule has 0 unspecified atom stereocenters. The number of benzene rings is 2. The maximum absolute atomic E-state index is 13.6. The number of carbonyl (C=O) groups excluding carboxylic acids is 2. The maximum Gasteiger partial charge on any atom is 0.321 e. The van der Waals surface area contributed by atoms with Gasteiger partial charge in [-0.05, 0) is 36.8 Å². The van der Waals surface area contributed by atoms with Crippen molar-refractivity contribution in [2.24, 2.45) is 5.92 Å². The van der Waals surface area contributed by atoms with Crippen molar-refractivity contribution in [3.63, 3.8) is 0 Å². The number of methoxy groups -OCH3 is 2. The first kappa shape index (κ1) is 21.6. The normalized spacial score (nSPS) is 18.0. The van der Waals surface area contributed by atoms with Crippen molar-refractivity contribution < 1.29 is 28.9 Å². The van der Waals surface area contributed by atoms with Gasteiger partial charge in [0, 0.05) is 7.11 Å². The number of carbonyl (C=O) groups is 2. The van der Waals surface area contributed by atoms with E-state index in [-0.39, 0.29) is 25.5 Å². The van der Waals surface area contributed by atoms with Crippen LogP contribution in [0.5, 0.6) is 11.5 Å². The van der Waals surface area contributed by atoms with Crippen LogP contribution in [-0.2, 0) is 19.1 Å². The zero-order valence-electron chi connectivity index (χ0n) is 18.1. The third kappa shape index (κ3) is 3.54. The number of fused-ring (bicyclic) bond motifs is 3. The van der Waals surface area contributed by atoms with Gasteiger partial charge >= 0.3 is 5.97 Å². The number of aromatic nitrogens is 2. The summed E-state index contributed by atoms with van der Waals surface area (Å²) in [5.74, 6) is -1.61. The first-order valence-corrected chi connectivity index (χ1v) is 10.3. The molecule has 3 aromatic rings. The molecule has 1 aliphatic heterocycles. The summed E-state index contributed by atoms with van der Waals surface area (Å²) in [5.41, 5.74) is 2.00. The minimum absolute atomic E-state index is 0.0900. The Morgan fingerprint density at radius 3 is 2.66 bits per heavy atom. The number of aromatic hydroxyl groups is 1. The van der Waals surface area contributed by atoms with Gasteiger partial charge in [0.05, 0.1) is 43.9 Å². The average molecular weight is 439 g/mol. The summed E-state index contributed by atoms with van der Waals surface area (Å²) in [6.07, 6.45) is 0. The Bertz CT molecular complexity index is 1160. The Morgan fingerprint density at radius 1 is 1.19 bits per heavy atom. The van der Waals surface area contributed by atoms with Gasteiger partial charge in [0.15, 0.2) is 17.4 Å². The van der Waals surface area contributed by atoms with Crippen LogP contribution in [0.1, 0.15) is 18.5 Å².